The zero-order valence-corrected chi connectivity index (χ0v) is 39.6. The number of aliphatic hydroxyl groups is 1. The van der Waals surface area contributed by atoms with Crippen LogP contribution < -0.4 is 0 Å². The standard InChI is InChI=1S/C49H64N2O4S4/c1-8-12-13-14-15-30-55-31-17-28-50-36(32-34(46(50)53)35-33-44(48(5,6)10-3)51(47(35)54)27-16-29-52)37-18-19-38(56-37)39-20-21-40(57-39)41-22-23-42(58-41)43-24-25-45(59-43)49(7,11-4)26-9-2/h18-25,32-33,52H,8-17,26-31H2,1-7H3/b35-34+. The van der Waals surface area contributed by atoms with Crippen LogP contribution in [0.2, 0.25) is 0 Å². The number of unbranched alkanes of at least 4 members (excludes halogenated alkanes) is 4. The number of hydrogen-bond acceptors (Lipinski definition) is 8. The summed E-state index contributed by atoms with van der Waals surface area (Å²) in [6, 6.07) is 17.9. The minimum atomic E-state index is -0.263. The maximum absolute atomic E-state index is 14.4. The number of ether oxygens (including phenoxy) is 1. The number of aliphatic hydroxyl groups excluding tert-OH is 1. The fourth-order valence-electron chi connectivity index (χ4n) is 7.94. The first-order valence-electron chi connectivity index (χ1n) is 21.9. The first kappa shape index (κ1) is 45.4. The van der Waals surface area contributed by atoms with Gasteiger partial charge in [-0.25, -0.2) is 0 Å². The van der Waals surface area contributed by atoms with Gasteiger partial charge in [0.2, 0.25) is 0 Å². The molecule has 0 aromatic carbocycles. The van der Waals surface area contributed by atoms with E-state index < -0.39 is 0 Å². The van der Waals surface area contributed by atoms with Gasteiger partial charge in [-0.1, -0.05) is 80.6 Å². The molecule has 0 spiro atoms. The van der Waals surface area contributed by atoms with Crippen molar-refractivity contribution in [2.75, 3.05) is 32.9 Å². The van der Waals surface area contributed by atoms with Crippen LogP contribution in [0.15, 0.2) is 77.5 Å². The summed E-state index contributed by atoms with van der Waals surface area (Å²) in [5, 5.41) is 9.64. The predicted molar refractivity (Wildman–Crippen MR) is 253 cm³/mol. The number of carbonyl (C=O) groups is 2. The van der Waals surface area contributed by atoms with Crippen LogP contribution in [-0.2, 0) is 19.7 Å². The van der Waals surface area contributed by atoms with E-state index in [0.717, 1.165) is 47.0 Å². The topological polar surface area (TPSA) is 70.1 Å². The molecule has 6 heterocycles. The lowest BCUT2D eigenvalue weighted by Gasteiger charge is -2.32. The third-order valence-corrected chi connectivity index (χ3v) is 17.4. The Bertz CT molecular complexity index is 2140. The quantitative estimate of drug-likeness (QED) is 0.0595. The molecule has 4 aromatic rings. The first-order valence-corrected chi connectivity index (χ1v) is 25.2. The molecule has 1 atom stereocenters. The smallest absolute Gasteiger partial charge is 0.259 e. The second kappa shape index (κ2) is 20.6. The number of allylic oxidation sites excluding steroid dienone is 1. The number of nitrogens with zero attached hydrogens (tertiary/aromatic N) is 2. The molecule has 2 amide bonds. The van der Waals surface area contributed by atoms with E-state index in [1.165, 1.54) is 67.8 Å². The van der Waals surface area contributed by atoms with Crippen molar-refractivity contribution in [1.82, 2.24) is 9.80 Å². The molecule has 0 aliphatic carbocycles. The third-order valence-electron chi connectivity index (χ3n) is 12.1. The van der Waals surface area contributed by atoms with Crippen LogP contribution in [0.4, 0.5) is 0 Å². The molecule has 4 aromatic heterocycles. The van der Waals surface area contributed by atoms with Crippen LogP contribution in [0, 0.1) is 5.41 Å². The monoisotopic (exact) mass is 872 g/mol. The van der Waals surface area contributed by atoms with E-state index in [2.05, 4.69) is 97.0 Å². The highest BCUT2D eigenvalue weighted by Crippen LogP contribution is 2.47. The molecule has 1 unspecified atom stereocenters. The minimum absolute atomic E-state index is 0.00168. The Morgan fingerprint density at radius 1 is 0.576 bits per heavy atom. The van der Waals surface area contributed by atoms with E-state index in [1.54, 1.807) is 16.2 Å². The van der Waals surface area contributed by atoms with E-state index in [4.69, 9.17) is 4.74 Å². The van der Waals surface area contributed by atoms with Gasteiger partial charge in [-0.3, -0.25) is 9.59 Å². The highest BCUT2D eigenvalue weighted by atomic mass is 32.1. The van der Waals surface area contributed by atoms with Crippen LogP contribution in [0.5, 0.6) is 0 Å². The molecular formula is C49H64N2O4S4. The summed E-state index contributed by atoms with van der Waals surface area (Å²) in [5.74, 6) is -0.298. The summed E-state index contributed by atoms with van der Waals surface area (Å²) in [4.78, 5) is 42.2. The lowest BCUT2D eigenvalue weighted by Crippen LogP contribution is -2.34. The Labute approximate surface area is 369 Å². The molecule has 2 aliphatic heterocycles. The predicted octanol–water partition coefficient (Wildman–Crippen LogP) is 13.8. The molecule has 0 radical (unpaired) electrons. The normalized spacial score (nSPS) is 17.1. The highest BCUT2D eigenvalue weighted by molar-refractivity contribution is 7.28. The van der Waals surface area contributed by atoms with Gasteiger partial charge >= 0.3 is 0 Å². The second-order valence-corrected chi connectivity index (χ2v) is 21.1. The Morgan fingerprint density at radius 2 is 1.10 bits per heavy atom. The van der Waals surface area contributed by atoms with Gasteiger partial charge in [0.15, 0.2) is 0 Å². The summed E-state index contributed by atoms with van der Waals surface area (Å²) < 4.78 is 6.01. The van der Waals surface area contributed by atoms with Crippen LogP contribution in [0.3, 0.4) is 0 Å². The largest absolute Gasteiger partial charge is 0.396 e. The van der Waals surface area contributed by atoms with E-state index in [0.29, 0.717) is 43.7 Å². The Balaban J connectivity index is 1.24. The Morgan fingerprint density at radius 3 is 1.69 bits per heavy atom. The number of rotatable bonds is 23. The summed E-state index contributed by atoms with van der Waals surface area (Å²) in [6.07, 6.45) is 15.4. The number of carbonyl (C=O) groups excluding carboxylic acids is 2. The van der Waals surface area contributed by atoms with E-state index in [1.807, 2.05) is 51.1 Å². The molecular weight excluding hydrogens is 809 g/mol. The average molecular weight is 873 g/mol. The van der Waals surface area contributed by atoms with Gasteiger partial charge in [-0.2, -0.15) is 0 Å². The van der Waals surface area contributed by atoms with E-state index in [-0.39, 0.29) is 29.3 Å². The SMILES string of the molecule is CCCCCCCOCCCN1C(=O)/C(=C2\C=C(C(C)(C)CC)N(CCCO)C2=O)C=C1c1ccc(-c2ccc(-c3ccc(-c4ccc(C(C)(CC)CCC)s4)s3)s2)s1. The van der Waals surface area contributed by atoms with Gasteiger partial charge in [-0.05, 0) is 99.2 Å². The molecule has 10 heteroatoms. The zero-order chi connectivity index (χ0) is 42.2. The lowest BCUT2D eigenvalue weighted by molar-refractivity contribution is -0.126. The van der Waals surface area contributed by atoms with Gasteiger partial charge in [0, 0.05) is 83.6 Å². The molecule has 0 saturated carbocycles. The van der Waals surface area contributed by atoms with Gasteiger partial charge < -0.3 is 19.6 Å². The Hall–Kier alpha value is -3.12. The van der Waals surface area contributed by atoms with Crippen molar-refractivity contribution in [3.8, 4) is 29.3 Å². The van der Waals surface area contributed by atoms with Gasteiger partial charge in [0.05, 0.1) is 21.7 Å². The first-order chi connectivity index (χ1) is 28.5. The minimum Gasteiger partial charge on any atom is -0.396 e. The molecule has 2 aliphatic rings. The van der Waals surface area contributed by atoms with Crippen molar-refractivity contribution in [2.45, 2.75) is 125 Å². The van der Waals surface area contributed by atoms with Gasteiger partial charge in [0.1, 0.15) is 0 Å². The average Bonchev–Trinajstić information content (AvgIpc) is 4.09. The van der Waals surface area contributed by atoms with Crippen molar-refractivity contribution in [3.05, 3.63) is 87.3 Å². The Kier molecular flexibility index (Phi) is 15.9. The van der Waals surface area contributed by atoms with Crippen molar-refractivity contribution in [2.24, 2.45) is 5.41 Å². The van der Waals surface area contributed by atoms with Crippen LogP contribution >= 0.6 is 45.3 Å². The third kappa shape index (κ3) is 10.3. The molecule has 0 bridgehead atoms. The fraction of sp³-hybridized carbons (Fsp3) is 0.510. The van der Waals surface area contributed by atoms with Gasteiger partial charge in [0.25, 0.3) is 11.8 Å². The summed E-state index contributed by atoms with van der Waals surface area (Å²) in [5.41, 5.74) is 2.62. The number of hydrogen-bond donors (Lipinski definition) is 1. The molecule has 318 valence electrons. The maximum Gasteiger partial charge on any atom is 0.259 e. The zero-order valence-electron chi connectivity index (χ0n) is 36.3. The van der Waals surface area contributed by atoms with Crippen molar-refractivity contribution >= 4 is 62.9 Å². The van der Waals surface area contributed by atoms with Crippen LogP contribution in [0.25, 0.3) is 35.0 Å². The molecule has 0 fully saturated rings. The molecule has 6 nitrogen and oxygen atoms in total. The van der Waals surface area contributed by atoms with Crippen molar-refractivity contribution < 1.29 is 19.4 Å². The lowest BCUT2D eigenvalue weighted by atomic mass is 9.81. The maximum atomic E-state index is 14.4. The number of amides is 2. The van der Waals surface area contributed by atoms with Crippen LogP contribution in [-0.4, -0.2) is 59.6 Å². The van der Waals surface area contributed by atoms with Crippen LogP contribution in [0.1, 0.15) is 129 Å². The fourth-order valence-corrected chi connectivity index (χ4v) is 12.5. The highest BCUT2D eigenvalue weighted by Gasteiger charge is 2.40. The van der Waals surface area contributed by atoms with E-state index in [9.17, 15) is 14.7 Å². The van der Waals surface area contributed by atoms with E-state index >= 15 is 0 Å². The molecule has 1 N–H and O–H groups in total. The molecule has 0 saturated heterocycles. The number of thiophene rings is 4. The van der Waals surface area contributed by atoms with Crippen molar-refractivity contribution in [1.29, 1.82) is 0 Å². The van der Waals surface area contributed by atoms with Crippen molar-refractivity contribution in [3.63, 3.8) is 0 Å². The molecule has 6 rings (SSSR count). The second-order valence-electron chi connectivity index (χ2n) is 16.8. The summed E-state index contributed by atoms with van der Waals surface area (Å²) >= 11 is 7.31. The van der Waals surface area contributed by atoms with Gasteiger partial charge in [-0.15, -0.1) is 45.3 Å². The molecule has 59 heavy (non-hydrogen) atoms. The summed E-state index contributed by atoms with van der Waals surface area (Å²) in [6.45, 7) is 17.9. The summed E-state index contributed by atoms with van der Waals surface area (Å²) in [7, 11) is 0.